The van der Waals surface area contributed by atoms with E-state index < -0.39 is 5.97 Å². The van der Waals surface area contributed by atoms with Gasteiger partial charge in [0.25, 0.3) is 0 Å². The number of carboxylic acids is 1. The van der Waals surface area contributed by atoms with E-state index in [0.29, 0.717) is 13.0 Å². The van der Waals surface area contributed by atoms with Crippen LogP contribution in [-0.2, 0) is 16.0 Å². The van der Waals surface area contributed by atoms with Crippen molar-refractivity contribution < 1.29 is 14.7 Å². The lowest BCUT2D eigenvalue weighted by Crippen LogP contribution is -2.29. The number of anilines is 1. The van der Waals surface area contributed by atoms with Crippen molar-refractivity contribution >= 4 is 17.6 Å². The third-order valence-electron chi connectivity index (χ3n) is 4.12. The molecule has 2 rings (SSSR count). The molecule has 1 saturated carbocycles. The maximum atomic E-state index is 12.3. The van der Waals surface area contributed by atoms with Gasteiger partial charge in [-0.15, -0.1) is 0 Å². The standard InChI is InChI=1S/C16H22N2O3/c17-10-12-4-2-6-14(12)16(21)18-13-5-1-3-11(9-13)7-8-15(19)20/h1,3,5,9,12,14H,2,4,6-8,10,17H2,(H,18,21)(H,19,20). The van der Waals surface area contributed by atoms with Gasteiger partial charge in [0.2, 0.25) is 5.91 Å². The lowest BCUT2D eigenvalue weighted by molar-refractivity contribution is -0.137. The Kier molecular flexibility index (Phi) is 5.33. The predicted octanol–water partition coefficient (Wildman–Crippen LogP) is 2.02. The zero-order valence-corrected chi connectivity index (χ0v) is 12.0. The summed E-state index contributed by atoms with van der Waals surface area (Å²) in [6, 6.07) is 7.38. The van der Waals surface area contributed by atoms with Crippen LogP contribution in [0.3, 0.4) is 0 Å². The average Bonchev–Trinajstić information content (AvgIpc) is 2.94. The number of carboxylic acid groups (broad SMARTS) is 1. The van der Waals surface area contributed by atoms with Gasteiger partial charge in [0.15, 0.2) is 0 Å². The number of aliphatic carboxylic acids is 1. The first-order valence-corrected chi connectivity index (χ1v) is 7.42. The second kappa shape index (κ2) is 7.22. The van der Waals surface area contributed by atoms with Crippen LogP contribution in [0.1, 0.15) is 31.2 Å². The summed E-state index contributed by atoms with van der Waals surface area (Å²) in [6.45, 7) is 0.552. The molecule has 0 radical (unpaired) electrons. The number of nitrogens with two attached hydrogens (primary N) is 1. The molecule has 114 valence electrons. The third kappa shape index (κ3) is 4.29. The van der Waals surface area contributed by atoms with E-state index in [1.807, 2.05) is 24.3 Å². The van der Waals surface area contributed by atoms with E-state index in [1.165, 1.54) is 0 Å². The quantitative estimate of drug-likeness (QED) is 0.747. The molecule has 5 nitrogen and oxygen atoms in total. The zero-order valence-electron chi connectivity index (χ0n) is 12.0. The van der Waals surface area contributed by atoms with E-state index in [-0.39, 0.29) is 24.2 Å². The molecule has 1 aromatic rings. The zero-order chi connectivity index (χ0) is 15.2. The third-order valence-corrected chi connectivity index (χ3v) is 4.12. The molecule has 21 heavy (non-hydrogen) atoms. The molecule has 0 bridgehead atoms. The Balaban J connectivity index is 1.97. The van der Waals surface area contributed by atoms with Crippen LogP contribution >= 0.6 is 0 Å². The fourth-order valence-corrected chi connectivity index (χ4v) is 2.95. The Morgan fingerprint density at radius 1 is 1.33 bits per heavy atom. The average molecular weight is 290 g/mol. The Morgan fingerprint density at radius 3 is 2.86 bits per heavy atom. The molecule has 0 aromatic heterocycles. The number of benzene rings is 1. The van der Waals surface area contributed by atoms with Gasteiger partial charge >= 0.3 is 5.97 Å². The summed E-state index contributed by atoms with van der Waals surface area (Å²) >= 11 is 0. The van der Waals surface area contributed by atoms with Crippen LogP contribution in [0.15, 0.2) is 24.3 Å². The highest BCUT2D eigenvalue weighted by molar-refractivity contribution is 5.93. The van der Waals surface area contributed by atoms with Crippen molar-refractivity contribution in [3.63, 3.8) is 0 Å². The van der Waals surface area contributed by atoms with E-state index in [4.69, 9.17) is 10.8 Å². The monoisotopic (exact) mass is 290 g/mol. The molecule has 1 aliphatic rings. The number of nitrogens with one attached hydrogen (secondary N) is 1. The number of amides is 1. The largest absolute Gasteiger partial charge is 0.481 e. The number of hydrogen-bond donors (Lipinski definition) is 3. The van der Waals surface area contributed by atoms with Gasteiger partial charge in [0.05, 0.1) is 0 Å². The molecule has 2 unspecified atom stereocenters. The molecule has 0 aliphatic heterocycles. The molecule has 0 saturated heterocycles. The van der Waals surface area contributed by atoms with Crippen LogP contribution in [0.5, 0.6) is 0 Å². The highest BCUT2D eigenvalue weighted by Crippen LogP contribution is 2.31. The molecular formula is C16H22N2O3. The summed E-state index contributed by atoms with van der Waals surface area (Å²) < 4.78 is 0. The normalized spacial score (nSPS) is 21.2. The first kappa shape index (κ1) is 15.5. The molecule has 1 amide bonds. The molecule has 5 heteroatoms. The van der Waals surface area contributed by atoms with Gasteiger partial charge in [0.1, 0.15) is 0 Å². The van der Waals surface area contributed by atoms with Crippen molar-refractivity contribution in [2.45, 2.75) is 32.1 Å². The SMILES string of the molecule is NCC1CCCC1C(=O)Nc1cccc(CCC(=O)O)c1. The Hall–Kier alpha value is -1.88. The van der Waals surface area contributed by atoms with Crippen molar-refractivity contribution in [2.75, 3.05) is 11.9 Å². The van der Waals surface area contributed by atoms with Crippen LogP contribution in [0.2, 0.25) is 0 Å². The van der Waals surface area contributed by atoms with E-state index >= 15 is 0 Å². The minimum atomic E-state index is -0.818. The van der Waals surface area contributed by atoms with Gasteiger partial charge in [0, 0.05) is 18.0 Å². The van der Waals surface area contributed by atoms with E-state index in [9.17, 15) is 9.59 Å². The van der Waals surface area contributed by atoms with Gasteiger partial charge in [-0.3, -0.25) is 9.59 Å². The fourth-order valence-electron chi connectivity index (χ4n) is 2.95. The predicted molar refractivity (Wildman–Crippen MR) is 80.9 cm³/mol. The van der Waals surface area contributed by atoms with Crippen LogP contribution in [0, 0.1) is 11.8 Å². The molecule has 1 aliphatic carbocycles. The molecule has 0 heterocycles. The minimum Gasteiger partial charge on any atom is -0.481 e. The summed E-state index contributed by atoms with van der Waals surface area (Å²) in [5.41, 5.74) is 7.35. The fraction of sp³-hybridized carbons (Fsp3) is 0.500. The van der Waals surface area contributed by atoms with Crippen LogP contribution in [-0.4, -0.2) is 23.5 Å². The summed E-state index contributed by atoms with van der Waals surface area (Å²) in [7, 11) is 0. The van der Waals surface area contributed by atoms with Gasteiger partial charge in [-0.25, -0.2) is 0 Å². The maximum Gasteiger partial charge on any atom is 0.303 e. The molecule has 1 fully saturated rings. The van der Waals surface area contributed by atoms with Crippen molar-refractivity contribution in [3.05, 3.63) is 29.8 Å². The Bertz CT molecular complexity index is 516. The summed E-state index contributed by atoms with van der Waals surface area (Å²) in [5, 5.41) is 11.6. The highest BCUT2D eigenvalue weighted by Gasteiger charge is 2.31. The minimum absolute atomic E-state index is 0.00215. The van der Waals surface area contributed by atoms with Gasteiger partial charge in [-0.1, -0.05) is 18.6 Å². The molecule has 1 aromatic carbocycles. The lowest BCUT2D eigenvalue weighted by Gasteiger charge is -2.17. The van der Waals surface area contributed by atoms with Gasteiger partial charge in [-0.2, -0.15) is 0 Å². The van der Waals surface area contributed by atoms with Crippen molar-refractivity contribution in [2.24, 2.45) is 17.6 Å². The van der Waals surface area contributed by atoms with Crippen molar-refractivity contribution in [3.8, 4) is 0 Å². The number of carbonyl (C=O) groups is 2. The van der Waals surface area contributed by atoms with Gasteiger partial charge < -0.3 is 16.2 Å². The highest BCUT2D eigenvalue weighted by atomic mass is 16.4. The molecule has 2 atom stereocenters. The van der Waals surface area contributed by atoms with Crippen molar-refractivity contribution in [1.29, 1.82) is 0 Å². The molecule has 4 N–H and O–H groups in total. The second-order valence-electron chi connectivity index (χ2n) is 5.62. The molecule has 0 spiro atoms. The second-order valence-corrected chi connectivity index (χ2v) is 5.62. The smallest absolute Gasteiger partial charge is 0.303 e. The Labute approximate surface area is 124 Å². The first-order valence-electron chi connectivity index (χ1n) is 7.42. The summed E-state index contributed by atoms with van der Waals surface area (Å²) in [5.74, 6) is -0.516. The summed E-state index contributed by atoms with van der Waals surface area (Å²) in [6.07, 6.45) is 3.53. The van der Waals surface area contributed by atoms with E-state index in [0.717, 1.165) is 30.5 Å². The lowest BCUT2D eigenvalue weighted by atomic mass is 9.95. The first-order chi connectivity index (χ1) is 10.1. The van der Waals surface area contributed by atoms with E-state index in [2.05, 4.69) is 5.32 Å². The number of hydrogen-bond acceptors (Lipinski definition) is 3. The summed E-state index contributed by atoms with van der Waals surface area (Å²) in [4.78, 5) is 22.9. The van der Waals surface area contributed by atoms with E-state index in [1.54, 1.807) is 0 Å². The number of rotatable bonds is 6. The number of carbonyl (C=O) groups excluding carboxylic acids is 1. The topological polar surface area (TPSA) is 92.4 Å². The van der Waals surface area contributed by atoms with Gasteiger partial charge in [-0.05, 0) is 49.4 Å². The van der Waals surface area contributed by atoms with Crippen molar-refractivity contribution in [1.82, 2.24) is 0 Å². The Morgan fingerprint density at radius 2 is 2.14 bits per heavy atom. The van der Waals surface area contributed by atoms with Crippen LogP contribution < -0.4 is 11.1 Å². The molecular weight excluding hydrogens is 268 g/mol. The maximum absolute atomic E-state index is 12.3. The number of aryl methyl sites for hydroxylation is 1. The van der Waals surface area contributed by atoms with Crippen LogP contribution in [0.4, 0.5) is 5.69 Å². The van der Waals surface area contributed by atoms with Crippen LogP contribution in [0.25, 0.3) is 0 Å².